The lowest BCUT2D eigenvalue weighted by Crippen LogP contribution is -2.09. The molecule has 1 rings (SSSR count). The fraction of sp³-hybridized carbons (Fsp3) is 0.565. The van der Waals surface area contributed by atoms with Crippen molar-refractivity contribution >= 4 is 23.6 Å². The third kappa shape index (κ3) is 8.15. The topological polar surface area (TPSA) is 73.3 Å². The Morgan fingerprint density at radius 2 is 1.79 bits per heavy atom. The van der Waals surface area contributed by atoms with E-state index in [-0.39, 0.29) is 18.0 Å². The molecule has 0 saturated heterocycles. The van der Waals surface area contributed by atoms with Crippen LogP contribution in [0.2, 0.25) is 0 Å². The largest absolute Gasteiger partial charge is 0.465 e. The summed E-state index contributed by atoms with van der Waals surface area (Å²) in [5.41, 5.74) is 2.13. The summed E-state index contributed by atoms with van der Waals surface area (Å²) >= 11 is 0. The summed E-state index contributed by atoms with van der Waals surface area (Å²) in [4.78, 5) is 40.8. The van der Waals surface area contributed by atoms with E-state index < -0.39 is 5.97 Å². The van der Waals surface area contributed by atoms with Crippen LogP contribution < -0.4 is 0 Å². The predicted octanol–water partition coefficient (Wildman–Crippen LogP) is 5.11. The van der Waals surface area contributed by atoms with Crippen LogP contribution in [0.25, 0.3) is 6.08 Å². The number of ether oxygens (including phenoxy) is 1. The molecule has 1 aromatic rings. The van der Waals surface area contributed by atoms with Crippen LogP contribution >= 0.6 is 0 Å². The van der Waals surface area contributed by atoms with Crippen LogP contribution in [0.3, 0.4) is 0 Å². The zero-order valence-electron chi connectivity index (χ0n) is 17.7. The van der Waals surface area contributed by atoms with Crippen molar-refractivity contribution in [2.24, 2.45) is 0 Å². The minimum Gasteiger partial charge on any atom is -0.465 e. The van der Waals surface area contributed by atoms with Gasteiger partial charge in [-0.05, 0) is 37.5 Å². The van der Waals surface area contributed by atoms with Gasteiger partial charge in [0.15, 0.2) is 5.78 Å². The van der Waals surface area contributed by atoms with Crippen molar-refractivity contribution in [3.05, 3.63) is 34.7 Å². The molecule has 154 valence electrons. The Hall–Kier alpha value is -2.30. The number of Topliss-reactive ketones (excluding diaryl/α,β-unsaturated/α-hetero) is 2. The van der Waals surface area contributed by atoms with E-state index in [9.17, 15) is 14.4 Å². The molecule has 0 bridgehead atoms. The van der Waals surface area contributed by atoms with E-state index in [4.69, 9.17) is 4.74 Å². The van der Waals surface area contributed by atoms with Crippen LogP contribution in [0.15, 0.2) is 17.8 Å². The van der Waals surface area contributed by atoms with Gasteiger partial charge in [-0.15, -0.1) is 0 Å². The number of hydrogen-bond donors (Lipinski definition) is 0. The zero-order valence-corrected chi connectivity index (χ0v) is 17.7. The van der Waals surface area contributed by atoms with Crippen molar-refractivity contribution in [1.82, 2.24) is 4.98 Å². The fourth-order valence-corrected chi connectivity index (χ4v) is 3.00. The average molecular weight is 388 g/mol. The molecular formula is C23H33NO4. The van der Waals surface area contributed by atoms with Gasteiger partial charge in [0, 0.05) is 30.3 Å². The minimum absolute atomic E-state index is 0.0559. The second kappa shape index (κ2) is 13.0. The minimum atomic E-state index is -0.507. The number of pyridine rings is 1. The molecule has 0 N–H and O–H groups in total. The molecule has 0 aliphatic heterocycles. The highest BCUT2D eigenvalue weighted by Gasteiger charge is 2.16. The molecule has 0 aromatic carbocycles. The SMILES string of the molecule is CCCCCCCC(=O)CC(=Cc1cc(CCC)ncc1C(=O)OC)C(C)=O. The van der Waals surface area contributed by atoms with Crippen molar-refractivity contribution in [2.45, 2.75) is 78.6 Å². The molecule has 0 amide bonds. The maximum Gasteiger partial charge on any atom is 0.340 e. The number of unbranched alkanes of at least 4 members (excludes halogenated alkanes) is 4. The number of ketones is 2. The highest BCUT2D eigenvalue weighted by atomic mass is 16.5. The van der Waals surface area contributed by atoms with Crippen molar-refractivity contribution in [3.8, 4) is 0 Å². The fourth-order valence-electron chi connectivity index (χ4n) is 3.00. The van der Waals surface area contributed by atoms with E-state index in [1.165, 1.54) is 33.1 Å². The van der Waals surface area contributed by atoms with Crippen molar-refractivity contribution in [3.63, 3.8) is 0 Å². The summed E-state index contributed by atoms with van der Waals surface area (Å²) in [5.74, 6) is -0.614. The highest BCUT2D eigenvalue weighted by molar-refractivity contribution is 6.04. The molecule has 0 spiro atoms. The van der Waals surface area contributed by atoms with E-state index in [2.05, 4.69) is 11.9 Å². The third-order valence-corrected chi connectivity index (χ3v) is 4.63. The number of allylic oxidation sites excluding steroid dienone is 1. The first-order valence-corrected chi connectivity index (χ1v) is 10.2. The average Bonchev–Trinajstić information content (AvgIpc) is 2.67. The predicted molar refractivity (Wildman–Crippen MR) is 111 cm³/mol. The van der Waals surface area contributed by atoms with Crippen molar-refractivity contribution in [2.75, 3.05) is 7.11 Å². The number of rotatable bonds is 13. The molecule has 1 aromatic heterocycles. The van der Waals surface area contributed by atoms with Gasteiger partial charge in [-0.1, -0.05) is 46.0 Å². The van der Waals surface area contributed by atoms with Crippen molar-refractivity contribution in [1.29, 1.82) is 0 Å². The number of carbonyl (C=O) groups is 3. The summed E-state index contributed by atoms with van der Waals surface area (Å²) in [6.07, 6.45) is 10.8. The number of esters is 1. The van der Waals surface area contributed by atoms with Gasteiger partial charge in [0.2, 0.25) is 0 Å². The monoisotopic (exact) mass is 387 g/mol. The molecule has 5 nitrogen and oxygen atoms in total. The lowest BCUT2D eigenvalue weighted by Gasteiger charge is -2.09. The van der Waals surface area contributed by atoms with E-state index in [1.807, 2.05) is 6.92 Å². The Bertz CT molecular complexity index is 707. The van der Waals surface area contributed by atoms with Crippen molar-refractivity contribution < 1.29 is 19.1 Å². The number of methoxy groups -OCH3 is 1. The number of carbonyl (C=O) groups excluding carboxylic acids is 3. The standard InChI is InChI=1S/C23H33NO4/c1-5-7-8-9-10-12-21(26)15-18(17(3)25)13-19-14-20(11-6-2)24-16-22(19)23(27)28-4/h13-14,16H,5-12,15H2,1-4H3. The smallest absolute Gasteiger partial charge is 0.340 e. The second-order valence-electron chi connectivity index (χ2n) is 7.11. The van der Waals surface area contributed by atoms with Gasteiger partial charge >= 0.3 is 5.97 Å². The Morgan fingerprint density at radius 1 is 1.07 bits per heavy atom. The highest BCUT2D eigenvalue weighted by Crippen LogP contribution is 2.19. The number of nitrogens with zero attached hydrogens (tertiary/aromatic N) is 1. The first kappa shape index (κ1) is 23.7. The Labute approximate surface area is 168 Å². The van der Waals surface area contributed by atoms with Gasteiger partial charge in [-0.3, -0.25) is 14.6 Å². The molecule has 1 heterocycles. The summed E-state index contributed by atoms with van der Waals surface area (Å²) in [6.45, 7) is 5.65. The van der Waals surface area contributed by atoms with Crippen LogP contribution in [0.5, 0.6) is 0 Å². The van der Waals surface area contributed by atoms with E-state index in [0.717, 1.165) is 37.8 Å². The lowest BCUT2D eigenvalue weighted by molar-refractivity contribution is -0.120. The molecule has 28 heavy (non-hydrogen) atoms. The number of hydrogen-bond acceptors (Lipinski definition) is 5. The Kier molecular flexibility index (Phi) is 11.0. The first-order valence-electron chi connectivity index (χ1n) is 10.2. The van der Waals surface area contributed by atoms with E-state index in [1.54, 1.807) is 12.1 Å². The maximum atomic E-state index is 12.3. The van der Waals surface area contributed by atoms with Gasteiger partial charge in [0.25, 0.3) is 0 Å². The van der Waals surface area contributed by atoms with Gasteiger partial charge < -0.3 is 4.74 Å². The van der Waals surface area contributed by atoms with Gasteiger partial charge in [0.1, 0.15) is 5.78 Å². The molecule has 5 heteroatoms. The molecular weight excluding hydrogens is 354 g/mol. The Balaban J connectivity index is 3.00. The van der Waals surface area contributed by atoms with Crippen LogP contribution in [-0.2, 0) is 20.7 Å². The molecule has 0 aliphatic carbocycles. The van der Waals surface area contributed by atoms with Gasteiger partial charge in [0.05, 0.1) is 12.7 Å². The summed E-state index contributed by atoms with van der Waals surface area (Å²) in [6, 6.07) is 1.80. The number of aryl methyl sites for hydroxylation is 1. The van der Waals surface area contributed by atoms with Gasteiger partial charge in [-0.25, -0.2) is 4.79 Å². The Morgan fingerprint density at radius 3 is 2.39 bits per heavy atom. The van der Waals surface area contributed by atoms with E-state index >= 15 is 0 Å². The first-order chi connectivity index (χ1) is 13.4. The molecule has 0 fully saturated rings. The number of aromatic nitrogens is 1. The van der Waals surface area contributed by atoms with Crippen LogP contribution in [0.4, 0.5) is 0 Å². The normalized spacial score (nSPS) is 11.4. The molecule has 0 saturated carbocycles. The van der Waals surface area contributed by atoms with Crippen LogP contribution in [0.1, 0.15) is 93.8 Å². The molecule has 0 unspecified atom stereocenters. The molecule has 0 atom stereocenters. The van der Waals surface area contributed by atoms with Gasteiger partial charge in [-0.2, -0.15) is 0 Å². The summed E-state index contributed by atoms with van der Waals surface area (Å²) in [7, 11) is 1.31. The zero-order chi connectivity index (χ0) is 20.9. The third-order valence-electron chi connectivity index (χ3n) is 4.63. The van der Waals surface area contributed by atoms with E-state index in [0.29, 0.717) is 23.1 Å². The summed E-state index contributed by atoms with van der Waals surface area (Å²) in [5, 5.41) is 0. The molecule has 0 radical (unpaired) electrons. The summed E-state index contributed by atoms with van der Waals surface area (Å²) < 4.78 is 4.83. The second-order valence-corrected chi connectivity index (χ2v) is 7.11. The quantitative estimate of drug-likeness (QED) is 0.267. The lowest BCUT2D eigenvalue weighted by atomic mass is 9.97. The van der Waals surface area contributed by atoms with Crippen LogP contribution in [0, 0.1) is 0 Å². The van der Waals surface area contributed by atoms with Crippen LogP contribution in [-0.4, -0.2) is 29.6 Å². The molecule has 0 aliphatic rings. The maximum absolute atomic E-state index is 12.3.